The van der Waals surface area contributed by atoms with Crippen LogP contribution in [0, 0.1) is 0 Å². The molecule has 5 nitrogen and oxygen atoms in total. The zero-order chi connectivity index (χ0) is 14.0. The highest BCUT2D eigenvalue weighted by atomic mass is 19.4. The first-order chi connectivity index (χ1) is 8.90. The van der Waals surface area contributed by atoms with Crippen molar-refractivity contribution in [3.05, 3.63) is 11.8 Å². The van der Waals surface area contributed by atoms with Crippen LogP contribution in [0.4, 0.5) is 19.0 Å². The molecule has 1 saturated carbocycles. The summed E-state index contributed by atoms with van der Waals surface area (Å²) >= 11 is 0. The number of aromatic amines is 1. The van der Waals surface area contributed by atoms with Crippen LogP contribution in [0.15, 0.2) is 6.07 Å². The molecule has 1 aromatic heterocycles. The summed E-state index contributed by atoms with van der Waals surface area (Å²) in [6.45, 7) is 2.86. The van der Waals surface area contributed by atoms with Gasteiger partial charge in [-0.05, 0) is 19.4 Å². The van der Waals surface area contributed by atoms with Crippen LogP contribution in [0.5, 0.6) is 0 Å². The fraction of sp³-hybridized carbons (Fsp3) is 0.636. The van der Waals surface area contributed by atoms with E-state index in [4.69, 9.17) is 0 Å². The number of rotatable bonds is 5. The molecule has 19 heavy (non-hydrogen) atoms. The molecule has 2 N–H and O–H groups in total. The number of carbonyl (C=O) groups excluding carboxylic acids is 1. The number of H-pyrrole nitrogens is 1. The fourth-order valence-corrected chi connectivity index (χ4v) is 1.84. The van der Waals surface area contributed by atoms with Gasteiger partial charge in [0.15, 0.2) is 5.82 Å². The molecule has 0 aromatic carbocycles. The Balaban J connectivity index is 1.89. The summed E-state index contributed by atoms with van der Waals surface area (Å²) in [6, 6.07) is 1.21. The molecule has 1 aliphatic carbocycles. The maximum absolute atomic E-state index is 12.3. The third kappa shape index (κ3) is 3.69. The van der Waals surface area contributed by atoms with Gasteiger partial charge in [-0.1, -0.05) is 6.92 Å². The van der Waals surface area contributed by atoms with Gasteiger partial charge < -0.3 is 5.32 Å². The second kappa shape index (κ2) is 5.20. The normalized spacial score (nSPS) is 15.8. The Morgan fingerprint density at radius 2 is 2.26 bits per heavy atom. The number of aromatic nitrogens is 2. The Kier molecular flexibility index (Phi) is 3.79. The van der Waals surface area contributed by atoms with E-state index in [2.05, 4.69) is 10.4 Å². The smallest absolute Gasteiger partial charge is 0.308 e. The van der Waals surface area contributed by atoms with E-state index in [1.807, 2.05) is 16.9 Å². The van der Waals surface area contributed by atoms with Crippen molar-refractivity contribution < 1.29 is 18.0 Å². The summed E-state index contributed by atoms with van der Waals surface area (Å²) in [5, 5.41) is 7.63. The molecule has 0 saturated heterocycles. The van der Waals surface area contributed by atoms with E-state index in [0.29, 0.717) is 6.04 Å². The van der Waals surface area contributed by atoms with Crippen molar-refractivity contribution in [3.63, 3.8) is 0 Å². The van der Waals surface area contributed by atoms with Crippen LogP contribution in [0.3, 0.4) is 0 Å². The van der Waals surface area contributed by atoms with E-state index < -0.39 is 11.9 Å². The Labute approximate surface area is 108 Å². The number of nitrogens with one attached hydrogen (secondary N) is 2. The Bertz CT molecular complexity index is 453. The largest absolute Gasteiger partial charge is 0.432 e. The highest BCUT2D eigenvalue weighted by Crippen LogP contribution is 2.29. The van der Waals surface area contributed by atoms with E-state index in [-0.39, 0.29) is 18.3 Å². The van der Waals surface area contributed by atoms with Gasteiger partial charge in [-0.25, -0.2) is 0 Å². The number of hydrogen-bond donors (Lipinski definition) is 2. The number of alkyl halides is 3. The highest BCUT2D eigenvalue weighted by molar-refractivity contribution is 5.91. The quantitative estimate of drug-likeness (QED) is 0.862. The minimum atomic E-state index is -4.49. The van der Waals surface area contributed by atoms with E-state index in [1.54, 1.807) is 0 Å². The number of amides is 1. The Morgan fingerprint density at radius 1 is 1.58 bits per heavy atom. The Morgan fingerprint density at radius 3 is 2.74 bits per heavy atom. The third-order valence-corrected chi connectivity index (χ3v) is 2.97. The summed E-state index contributed by atoms with van der Waals surface area (Å²) < 4.78 is 37.0. The third-order valence-electron chi connectivity index (χ3n) is 2.97. The lowest BCUT2D eigenvalue weighted by atomic mass is 10.4. The molecule has 0 radical (unpaired) electrons. The molecule has 0 atom stereocenters. The number of halogens is 3. The van der Waals surface area contributed by atoms with Crippen LogP contribution in [0.1, 0.15) is 25.5 Å². The fourth-order valence-electron chi connectivity index (χ4n) is 1.84. The minimum absolute atomic E-state index is 0.107. The minimum Gasteiger partial charge on any atom is -0.308 e. The van der Waals surface area contributed by atoms with Crippen LogP contribution in [0.2, 0.25) is 0 Å². The van der Waals surface area contributed by atoms with Crippen LogP contribution in [-0.2, 0) is 11.0 Å². The molecule has 0 bridgehead atoms. The molecule has 1 aliphatic rings. The van der Waals surface area contributed by atoms with Crippen LogP contribution < -0.4 is 5.32 Å². The van der Waals surface area contributed by atoms with Crippen molar-refractivity contribution in [2.75, 3.05) is 18.4 Å². The van der Waals surface area contributed by atoms with Crippen LogP contribution in [0.25, 0.3) is 0 Å². The molecule has 0 aliphatic heterocycles. The Hall–Kier alpha value is -1.57. The topological polar surface area (TPSA) is 61.0 Å². The van der Waals surface area contributed by atoms with Crippen molar-refractivity contribution in [1.29, 1.82) is 0 Å². The molecule has 8 heteroatoms. The summed E-state index contributed by atoms with van der Waals surface area (Å²) in [5.74, 6) is -0.460. The number of likely N-dealkylation sites (N-methyl/N-ethyl adjacent to an activating group) is 1. The molecular formula is C11H15F3N4O. The molecule has 2 rings (SSSR count). The van der Waals surface area contributed by atoms with Gasteiger partial charge >= 0.3 is 6.18 Å². The number of hydrogen-bond acceptors (Lipinski definition) is 3. The second-order valence-electron chi connectivity index (χ2n) is 4.51. The molecule has 0 spiro atoms. The van der Waals surface area contributed by atoms with E-state index >= 15 is 0 Å². The van der Waals surface area contributed by atoms with Gasteiger partial charge in [0.1, 0.15) is 5.69 Å². The van der Waals surface area contributed by atoms with E-state index in [0.717, 1.165) is 25.5 Å². The zero-order valence-electron chi connectivity index (χ0n) is 10.4. The molecule has 1 aromatic rings. The predicted octanol–water partition coefficient (Wildman–Crippen LogP) is 1.85. The van der Waals surface area contributed by atoms with Gasteiger partial charge in [0, 0.05) is 12.1 Å². The lowest BCUT2D eigenvalue weighted by Gasteiger charge is -2.18. The monoisotopic (exact) mass is 276 g/mol. The first-order valence-corrected chi connectivity index (χ1v) is 6.06. The lowest BCUT2D eigenvalue weighted by Crippen LogP contribution is -2.34. The molecule has 1 amide bonds. The maximum Gasteiger partial charge on any atom is 0.432 e. The van der Waals surface area contributed by atoms with Gasteiger partial charge in [0.25, 0.3) is 0 Å². The molecule has 106 valence electrons. The number of anilines is 1. The van der Waals surface area contributed by atoms with Gasteiger partial charge in [-0.3, -0.25) is 14.8 Å². The van der Waals surface area contributed by atoms with Gasteiger partial charge in [-0.2, -0.15) is 18.3 Å². The van der Waals surface area contributed by atoms with Crippen molar-refractivity contribution >= 4 is 11.7 Å². The van der Waals surface area contributed by atoms with E-state index in [9.17, 15) is 18.0 Å². The lowest BCUT2D eigenvalue weighted by molar-refractivity contribution is -0.141. The van der Waals surface area contributed by atoms with Crippen molar-refractivity contribution in [2.45, 2.75) is 32.0 Å². The number of nitrogens with zero attached hydrogens (tertiary/aromatic N) is 2. The van der Waals surface area contributed by atoms with Gasteiger partial charge in [0.05, 0.1) is 6.54 Å². The standard InChI is InChI=1S/C11H15F3N4O/c1-2-18(7-3-4-7)6-10(19)15-9-5-8(16-17-9)11(12,13)14/h5,7H,2-4,6H2,1H3,(H2,15,16,17,19). The summed E-state index contributed by atoms with van der Waals surface area (Å²) in [6.07, 6.45) is -2.34. The molecule has 1 fully saturated rings. The molecule has 0 unspecified atom stereocenters. The van der Waals surface area contributed by atoms with Gasteiger partial charge in [0.2, 0.25) is 5.91 Å². The average Bonchev–Trinajstić information content (AvgIpc) is 3.04. The van der Waals surface area contributed by atoms with Gasteiger partial charge in [-0.15, -0.1) is 0 Å². The number of carbonyl (C=O) groups is 1. The van der Waals surface area contributed by atoms with Crippen LogP contribution >= 0.6 is 0 Å². The first kappa shape index (κ1) is 13.9. The molecular weight excluding hydrogens is 261 g/mol. The SMILES string of the molecule is CCN(CC(=O)Nc1cc(C(F)(F)F)[nH]n1)C1CC1. The zero-order valence-corrected chi connectivity index (χ0v) is 10.4. The maximum atomic E-state index is 12.3. The van der Waals surface area contributed by atoms with Crippen molar-refractivity contribution in [1.82, 2.24) is 15.1 Å². The summed E-state index contributed by atoms with van der Waals surface area (Å²) in [5.41, 5.74) is -0.975. The molecule has 1 heterocycles. The first-order valence-electron chi connectivity index (χ1n) is 6.06. The predicted molar refractivity (Wildman–Crippen MR) is 62.5 cm³/mol. The second-order valence-corrected chi connectivity index (χ2v) is 4.51. The highest BCUT2D eigenvalue weighted by Gasteiger charge is 2.33. The van der Waals surface area contributed by atoms with E-state index in [1.165, 1.54) is 0 Å². The van der Waals surface area contributed by atoms with Crippen molar-refractivity contribution in [2.24, 2.45) is 0 Å². The average molecular weight is 276 g/mol. The van der Waals surface area contributed by atoms with Crippen molar-refractivity contribution in [3.8, 4) is 0 Å². The van der Waals surface area contributed by atoms with Crippen LogP contribution in [-0.4, -0.2) is 40.1 Å². The summed E-state index contributed by atoms with van der Waals surface area (Å²) in [7, 11) is 0. The summed E-state index contributed by atoms with van der Waals surface area (Å²) in [4.78, 5) is 13.7.